The van der Waals surface area contributed by atoms with Crippen LogP contribution in [0.2, 0.25) is 0 Å². The number of unbranched alkanes of at least 4 members (excludes halogenated alkanes) is 1. The summed E-state index contributed by atoms with van der Waals surface area (Å²) in [5, 5.41) is 57.3. The minimum atomic E-state index is -1.54. The number of carbonyl (C=O) groups is 9. The molecular weight excluding hydrogens is 901 g/mol. The predicted molar refractivity (Wildman–Crippen MR) is 253 cm³/mol. The number of aliphatic hydroxyl groups is 4. The lowest BCUT2D eigenvalue weighted by Crippen LogP contribution is -2.60. The largest absolute Gasteiger partial charge is 0.396 e. The molecule has 1 fully saturated rings. The molecule has 1 aliphatic heterocycles. The lowest BCUT2D eigenvalue weighted by molar-refractivity contribution is -0.142. The number of nitrogens with zero attached hydrogens (tertiary/aromatic N) is 1. The summed E-state index contributed by atoms with van der Waals surface area (Å²) in [5.41, 5.74) is 12.0. The second kappa shape index (κ2) is 32.7. The van der Waals surface area contributed by atoms with Gasteiger partial charge >= 0.3 is 0 Å². The summed E-state index contributed by atoms with van der Waals surface area (Å²) in [6, 6.07) is -8.77. The van der Waals surface area contributed by atoms with Crippen molar-refractivity contribution in [2.24, 2.45) is 17.4 Å². The first kappa shape index (κ1) is 60.1. The van der Waals surface area contributed by atoms with Crippen LogP contribution in [0.15, 0.2) is 11.6 Å². The summed E-state index contributed by atoms with van der Waals surface area (Å²) in [5.74, 6) is -6.12. The molecule has 8 amide bonds. The summed E-state index contributed by atoms with van der Waals surface area (Å²) in [7, 11) is 0. The van der Waals surface area contributed by atoms with E-state index in [0.29, 0.717) is 57.8 Å². The van der Waals surface area contributed by atoms with Gasteiger partial charge in [0.1, 0.15) is 54.8 Å². The minimum absolute atomic E-state index is 0.0151. The molecule has 0 radical (unpaired) electrons. The lowest BCUT2D eigenvalue weighted by atomic mass is 9.94. The summed E-state index contributed by atoms with van der Waals surface area (Å²) in [6.07, 6.45) is 4.00. The minimum Gasteiger partial charge on any atom is -0.396 e. The number of allylic oxidation sites excluding steroid dienone is 1. The van der Waals surface area contributed by atoms with Gasteiger partial charge in [-0.15, -0.1) is 0 Å². The van der Waals surface area contributed by atoms with Crippen molar-refractivity contribution in [1.29, 1.82) is 0 Å². The predicted octanol–water partition coefficient (Wildman–Crippen LogP) is -2.75. The van der Waals surface area contributed by atoms with Gasteiger partial charge in [0.15, 0.2) is 0 Å². The Balaban J connectivity index is 2.25. The van der Waals surface area contributed by atoms with Crippen LogP contribution in [0.5, 0.6) is 0 Å². The van der Waals surface area contributed by atoms with Crippen LogP contribution in [0.3, 0.4) is 0 Å². The van der Waals surface area contributed by atoms with E-state index in [2.05, 4.69) is 37.2 Å². The van der Waals surface area contributed by atoms with E-state index in [0.717, 1.165) is 12.1 Å². The fraction of sp³-hybridized carbons (Fsp3) is 0.761. The highest BCUT2D eigenvalue weighted by molar-refractivity contribution is 5.98. The van der Waals surface area contributed by atoms with Gasteiger partial charge < -0.3 is 78.8 Å². The number of rotatable bonds is 34. The average Bonchev–Trinajstić information content (AvgIpc) is 3.80. The van der Waals surface area contributed by atoms with Crippen LogP contribution in [0.25, 0.3) is 0 Å². The van der Waals surface area contributed by atoms with Crippen LogP contribution in [0.4, 0.5) is 0 Å². The number of amides is 8. The van der Waals surface area contributed by atoms with Crippen LogP contribution in [0, 0.1) is 5.92 Å². The average molecular weight is 981 g/mol. The molecule has 1 saturated heterocycles. The van der Waals surface area contributed by atoms with Gasteiger partial charge in [0, 0.05) is 32.6 Å². The quantitative estimate of drug-likeness (QED) is 0.0135. The van der Waals surface area contributed by atoms with Crippen molar-refractivity contribution in [2.75, 3.05) is 32.8 Å². The second-order valence-corrected chi connectivity index (χ2v) is 18.2. The summed E-state index contributed by atoms with van der Waals surface area (Å²) < 4.78 is 0. The van der Waals surface area contributed by atoms with Crippen LogP contribution >= 0.6 is 0 Å². The molecule has 15 N–H and O–H groups in total. The molecule has 2 rings (SSSR count). The third kappa shape index (κ3) is 22.5. The summed E-state index contributed by atoms with van der Waals surface area (Å²) in [6.45, 7) is 6.20. The van der Waals surface area contributed by atoms with E-state index in [1.54, 1.807) is 13.8 Å². The molecule has 0 aromatic carbocycles. The van der Waals surface area contributed by atoms with Crippen molar-refractivity contribution in [3.8, 4) is 0 Å². The Hall–Kier alpha value is -5.07. The molecule has 6 unspecified atom stereocenters. The fourth-order valence-electron chi connectivity index (χ4n) is 8.15. The third-order valence-electron chi connectivity index (χ3n) is 12.0. The lowest BCUT2D eigenvalue weighted by Gasteiger charge is -2.31. The molecule has 1 heterocycles. The van der Waals surface area contributed by atoms with Crippen LogP contribution < -0.4 is 48.7 Å². The molecule has 2 aliphatic rings. The van der Waals surface area contributed by atoms with E-state index in [9.17, 15) is 63.6 Å². The standard InChI is InChI=1S/C46H80N10O13/c1-4-49-22-6-5-9-32(41(64)51-31(20-25-58)40(48)63)52-42(65)33(10-8-24-57)53-43(66)34(21-26-59)54-44(67)36(27-28(2)3)55-45(68)37-11-7-23-56(37)46(69)35(17-18-38(47)61)50-39(62)19-14-29-12-15-30(60)16-13-29/h12,26,28,30-38,49,57-58,60-61H,4-11,13-25,27,47H2,1-3H3,(H2,48,63)(H,50,62)(H,51,64)(H,52,65)(H,53,66)(H,54,67)(H,55,68)/t30-,31?,32?,33?,34?,35?,36?,37+,38-/m0/s1. The monoisotopic (exact) mass is 981 g/mol. The summed E-state index contributed by atoms with van der Waals surface area (Å²) >= 11 is 0. The highest BCUT2D eigenvalue weighted by atomic mass is 16.3. The maximum atomic E-state index is 14.0. The molecule has 1 aliphatic carbocycles. The molecule has 0 aromatic rings. The number of carbonyl (C=O) groups excluding carboxylic acids is 9. The Morgan fingerprint density at radius 3 is 1.96 bits per heavy atom. The van der Waals surface area contributed by atoms with Gasteiger partial charge in [0.2, 0.25) is 47.3 Å². The number of hydrogen-bond acceptors (Lipinski definition) is 15. The van der Waals surface area contributed by atoms with Gasteiger partial charge in [-0.05, 0) is 115 Å². The van der Waals surface area contributed by atoms with Crippen LogP contribution in [-0.2, 0) is 43.2 Å². The van der Waals surface area contributed by atoms with E-state index < -0.39 is 115 Å². The van der Waals surface area contributed by atoms with Gasteiger partial charge in [0.05, 0.1) is 6.10 Å². The summed E-state index contributed by atoms with van der Waals surface area (Å²) in [4.78, 5) is 121. The molecule has 9 atom stereocenters. The third-order valence-corrected chi connectivity index (χ3v) is 12.0. The number of likely N-dealkylation sites (tertiary alicyclic amines) is 1. The first-order valence-corrected chi connectivity index (χ1v) is 24.4. The zero-order valence-corrected chi connectivity index (χ0v) is 40.5. The first-order valence-electron chi connectivity index (χ1n) is 24.4. The molecule has 392 valence electrons. The molecule has 0 bridgehead atoms. The number of aldehydes is 1. The fourth-order valence-corrected chi connectivity index (χ4v) is 8.15. The van der Waals surface area contributed by atoms with Crippen LogP contribution in [-0.4, -0.2) is 166 Å². The van der Waals surface area contributed by atoms with Crippen molar-refractivity contribution in [3.63, 3.8) is 0 Å². The highest BCUT2D eigenvalue weighted by Gasteiger charge is 2.40. The van der Waals surface area contributed by atoms with Gasteiger partial charge in [-0.3, -0.25) is 38.4 Å². The number of hydrogen-bond donors (Lipinski definition) is 13. The normalized spacial score (nSPS) is 18.9. The van der Waals surface area contributed by atoms with Gasteiger partial charge in [0.25, 0.3) is 0 Å². The molecule has 69 heavy (non-hydrogen) atoms. The van der Waals surface area contributed by atoms with Gasteiger partial charge in [-0.1, -0.05) is 32.4 Å². The van der Waals surface area contributed by atoms with Crippen molar-refractivity contribution >= 4 is 53.5 Å². The molecule has 23 nitrogen and oxygen atoms in total. The van der Waals surface area contributed by atoms with Gasteiger partial charge in [-0.25, -0.2) is 0 Å². The molecule has 0 aromatic heterocycles. The Kier molecular flexibility index (Phi) is 28.4. The Morgan fingerprint density at radius 2 is 1.39 bits per heavy atom. The Labute approximate surface area is 404 Å². The first-order chi connectivity index (χ1) is 32.8. The SMILES string of the molecule is CCNCCCCC(NC(=O)C(CCCO)NC(=O)C(CC=O)NC(=O)C(CC(C)C)NC(=O)[C@H]1CCCN1C(=O)C(CC[C@@H](N)O)NC(=O)CCC1=CC[C@H](O)CC1)C(=O)NC(CCO)C(N)=O. The molecular formula is C46H80N10O13. The number of aliphatic hydroxyl groups excluding tert-OH is 4. The number of nitrogens with one attached hydrogen (secondary N) is 7. The molecule has 23 heteroatoms. The maximum Gasteiger partial charge on any atom is 0.245 e. The van der Waals surface area contributed by atoms with Crippen LogP contribution in [0.1, 0.15) is 130 Å². The Morgan fingerprint density at radius 1 is 0.768 bits per heavy atom. The van der Waals surface area contributed by atoms with E-state index in [1.165, 1.54) is 4.90 Å². The maximum absolute atomic E-state index is 14.0. The van der Waals surface area contributed by atoms with E-state index >= 15 is 0 Å². The Bertz CT molecular complexity index is 1720. The van der Waals surface area contributed by atoms with Crippen molar-refractivity contribution in [2.45, 2.75) is 185 Å². The number of primary amides is 1. The van der Waals surface area contributed by atoms with Crippen molar-refractivity contribution in [3.05, 3.63) is 11.6 Å². The van der Waals surface area contributed by atoms with E-state index in [-0.39, 0.29) is 76.9 Å². The zero-order chi connectivity index (χ0) is 51.5. The van der Waals surface area contributed by atoms with E-state index in [1.807, 2.05) is 13.0 Å². The smallest absolute Gasteiger partial charge is 0.245 e. The number of nitrogens with two attached hydrogens (primary N) is 2. The molecule has 0 saturated carbocycles. The topological polar surface area (TPSA) is 374 Å². The van der Waals surface area contributed by atoms with Crippen molar-refractivity contribution in [1.82, 2.24) is 42.1 Å². The molecule has 0 spiro atoms. The van der Waals surface area contributed by atoms with Gasteiger partial charge in [-0.2, -0.15) is 0 Å². The van der Waals surface area contributed by atoms with E-state index in [4.69, 9.17) is 11.5 Å². The van der Waals surface area contributed by atoms with Crippen molar-refractivity contribution < 1.29 is 63.6 Å². The highest BCUT2D eigenvalue weighted by Crippen LogP contribution is 2.23. The second-order valence-electron chi connectivity index (χ2n) is 18.2. The zero-order valence-electron chi connectivity index (χ0n) is 40.5.